The summed E-state index contributed by atoms with van der Waals surface area (Å²) in [5.41, 5.74) is 2.55. The zero-order valence-corrected chi connectivity index (χ0v) is 8.84. The van der Waals surface area contributed by atoms with Gasteiger partial charge >= 0.3 is 0 Å². The molecule has 1 aromatic rings. The van der Waals surface area contributed by atoms with Crippen LogP contribution in [0.25, 0.3) is 0 Å². The minimum absolute atomic E-state index is 0.0161. The standard InChI is InChI=1S/C12H14O3/c1-7(2)10-8-5-3-4-6-9(8)11-12(10)14-15-13-11/h3-7,10-12H,1-2H3/t10-,11-,12+/m1/s1. The monoisotopic (exact) mass is 206 g/mol. The molecular weight excluding hydrogens is 192 g/mol. The maximum absolute atomic E-state index is 5.21. The fourth-order valence-electron chi connectivity index (χ4n) is 2.68. The Hall–Kier alpha value is -0.900. The maximum Gasteiger partial charge on any atom is 0.151 e. The molecule has 3 atom stereocenters. The molecule has 1 aliphatic heterocycles. The van der Waals surface area contributed by atoms with Crippen LogP contribution in [0.1, 0.15) is 37.0 Å². The van der Waals surface area contributed by atoms with Gasteiger partial charge < -0.3 is 0 Å². The highest BCUT2D eigenvalue weighted by atomic mass is 17.5. The fourth-order valence-corrected chi connectivity index (χ4v) is 2.68. The second-order valence-electron chi connectivity index (χ2n) is 4.54. The smallest absolute Gasteiger partial charge is 0.151 e. The largest absolute Gasteiger partial charge is 0.199 e. The van der Waals surface area contributed by atoms with Gasteiger partial charge in [0.25, 0.3) is 0 Å². The van der Waals surface area contributed by atoms with Crippen molar-refractivity contribution in [2.45, 2.75) is 32.0 Å². The van der Waals surface area contributed by atoms with Crippen molar-refractivity contribution in [1.82, 2.24) is 0 Å². The molecule has 0 N–H and O–H groups in total. The lowest BCUT2D eigenvalue weighted by Crippen LogP contribution is -2.20. The molecule has 1 aromatic carbocycles. The highest BCUT2D eigenvalue weighted by Gasteiger charge is 2.48. The van der Waals surface area contributed by atoms with Crippen LogP contribution in [-0.4, -0.2) is 6.10 Å². The summed E-state index contributed by atoms with van der Waals surface area (Å²) in [6, 6.07) is 8.34. The van der Waals surface area contributed by atoms with E-state index in [9.17, 15) is 0 Å². The van der Waals surface area contributed by atoms with Crippen molar-refractivity contribution in [1.29, 1.82) is 0 Å². The van der Waals surface area contributed by atoms with E-state index in [1.807, 2.05) is 6.07 Å². The summed E-state index contributed by atoms with van der Waals surface area (Å²) in [5, 5.41) is 4.65. The number of hydrogen-bond acceptors (Lipinski definition) is 3. The van der Waals surface area contributed by atoms with E-state index in [1.165, 1.54) is 11.1 Å². The Morgan fingerprint density at radius 2 is 1.80 bits per heavy atom. The van der Waals surface area contributed by atoms with Crippen LogP contribution >= 0.6 is 0 Å². The minimum atomic E-state index is -0.0476. The van der Waals surface area contributed by atoms with E-state index in [0.29, 0.717) is 11.8 Å². The molecule has 15 heavy (non-hydrogen) atoms. The van der Waals surface area contributed by atoms with Gasteiger partial charge in [-0.2, -0.15) is 9.78 Å². The average Bonchev–Trinajstić information content (AvgIpc) is 2.75. The molecule has 0 aromatic heterocycles. The second kappa shape index (κ2) is 3.30. The van der Waals surface area contributed by atoms with Gasteiger partial charge in [-0.3, -0.25) is 0 Å². The summed E-state index contributed by atoms with van der Waals surface area (Å²) in [6.45, 7) is 4.40. The fraction of sp³-hybridized carbons (Fsp3) is 0.500. The molecule has 1 fully saturated rings. The molecule has 0 unspecified atom stereocenters. The first kappa shape index (κ1) is 9.33. The van der Waals surface area contributed by atoms with Crippen molar-refractivity contribution in [3.05, 3.63) is 35.4 Å². The summed E-state index contributed by atoms with van der Waals surface area (Å²) in [6.07, 6.45) is -0.0315. The van der Waals surface area contributed by atoms with Crippen LogP contribution in [0.5, 0.6) is 0 Å². The minimum Gasteiger partial charge on any atom is -0.199 e. The summed E-state index contributed by atoms with van der Waals surface area (Å²) < 4.78 is 0. The lowest BCUT2D eigenvalue weighted by atomic mass is 9.88. The van der Waals surface area contributed by atoms with Crippen molar-refractivity contribution in [2.75, 3.05) is 0 Å². The van der Waals surface area contributed by atoms with Crippen LogP contribution in [0.3, 0.4) is 0 Å². The van der Waals surface area contributed by atoms with E-state index in [0.717, 1.165) is 0 Å². The van der Waals surface area contributed by atoms with E-state index in [1.54, 1.807) is 0 Å². The van der Waals surface area contributed by atoms with Crippen molar-refractivity contribution >= 4 is 0 Å². The zero-order chi connectivity index (χ0) is 10.4. The summed E-state index contributed by atoms with van der Waals surface area (Å²) in [5.74, 6) is 0.889. The Bertz CT molecular complexity index is 375. The van der Waals surface area contributed by atoms with E-state index in [-0.39, 0.29) is 12.2 Å². The van der Waals surface area contributed by atoms with E-state index in [4.69, 9.17) is 9.78 Å². The van der Waals surface area contributed by atoms with E-state index in [2.05, 4.69) is 37.1 Å². The predicted molar refractivity (Wildman–Crippen MR) is 53.8 cm³/mol. The van der Waals surface area contributed by atoms with E-state index >= 15 is 0 Å². The van der Waals surface area contributed by atoms with Crippen molar-refractivity contribution in [3.63, 3.8) is 0 Å². The average molecular weight is 206 g/mol. The first-order chi connectivity index (χ1) is 7.29. The number of benzene rings is 1. The molecule has 0 spiro atoms. The number of fused-ring (bicyclic) bond motifs is 3. The molecule has 0 bridgehead atoms. The van der Waals surface area contributed by atoms with Gasteiger partial charge in [0.2, 0.25) is 0 Å². The molecule has 2 aliphatic rings. The van der Waals surface area contributed by atoms with Crippen LogP contribution in [0.2, 0.25) is 0 Å². The van der Waals surface area contributed by atoms with Crippen LogP contribution < -0.4 is 0 Å². The lowest BCUT2D eigenvalue weighted by Gasteiger charge is -2.19. The molecule has 3 nitrogen and oxygen atoms in total. The highest BCUT2D eigenvalue weighted by molar-refractivity contribution is 5.40. The van der Waals surface area contributed by atoms with Crippen LogP contribution in [-0.2, 0) is 14.8 Å². The van der Waals surface area contributed by atoms with Gasteiger partial charge in [0.15, 0.2) is 6.10 Å². The molecule has 1 saturated heterocycles. The van der Waals surface area contributed by atoms with Crippen molar-refractivity contribution < 1.29 is 14.8 Å². The van der Waals surface area contributed by atoms with E-state index < -0.39 is 0 Å². The molecule has 1 aliphatic carbocycles. The van der Waals surface area contributed by atoms with Crippen molar-refractivity contribution in [3.8, 4) is 0 Å². The maximum atomic E-state index is 5.21. The summed E-state index contributed by atoms with van der Waals surface area (Å²) >= 11 is 0. The highest BCUT2D eigenvalue weighted by Crippen LogP contribution is 2.50. The third-order valence-corrected chi connectivity index (χ3v) is 3.33. The third-order valence-electron chi connectivity index (χ3n) is 3.33. The van der Waals surface area contributed by atoms with Gasteiger partial charge in [0.05, 0.1) is 0 Å². The lowest BCUT2D eigenvalue weighted by molar-refractivity contribution is -0.468. The van der Waals surface area contributed by atoms with Gasteiger partial charge in [0.1, 0.15) is 6.10 Å². The molecule has 3 rings (SSSR count). The quantitative estimate of drug-likeness (QED) is 0.661. The summed E-state index contributed by atoms with van der Waals surface area (Å²) in [4.78, 5) is 10.4. The molecule has 0 amide bonds. The van der Waals surface area contributed by atoms with Gasteiger partial charge in [-0.05, 0) is 17.0 Å². The molecular formula is C12H14O3. The zero-order valence-electron chi connectivity index (χ0n) is 8.84. The third kappa shape index (κ3) is 1.24. The number of rotatable bonds is 1. The Labute approximate surface area is 88.8 Å². The van der Waals surface area contributed by atoms with Crippen LogP contribution in [0.15, 0.2) is 24.3 Å². The predicted octanol–water partition coefficient (Wildman–Crippen LogP) is 2.74. The second-order valence-corrected chi connectivity index (χ2v) is 4.54. The van der Waals surface area contributed by atoms with Gasteiger partial charge in [0, 0.05) is 5.92 Å². The topological polar surface area (TPSA) is 27.7 Å². The molecule has 3 heteroatoms. The first-order valence-corrected chi connectivity index (χ1v) is 5.36. The SMILES string of the molecule is CC(C)[C@@H]1c2ccccc2[C@H]2OOO[C@H]21. The van der Waals surface area contributed by atoms with Crippen LogP contribution in [0.4, 0.5) is 0 Å². The normalized spacial score (nSPS) is 33.1. The number of hydrogen-bond donors (Lipinski definition) is 0. The molecule has 80 valence electrons. The van der Waals surface area contributed by atoms with Gasteiger partial charge in [-0.25, -0.2) is 0 Å². The summed E-state index contributed by atoms with van der Waals surface area (Å²) in [7, 11) is 0. The molecule has 0 saturated carbocycles. The van der Waals surface area contributed by atoms with Gasteiger partial charge in [-0.1, -0.05) is 43.2 Å². The molecule has 0 radical (unpaired) electrons. The van der Waals surface area contributed by atoms with Gasteiger partial charge in [-0.15, -0.1) is 0 Å². The van der Waals surface area contributed by atoms with Crippen LogP contribution in [0, 0.1) is 5.92 Å². The first-order valence-electron chi connectivity index (χ1n) is 5.36. The Morgan fingerprint density at radius 3 is 2.53 bits per heavy atom. The Kier molecular flexibility index (Phi) is 2.06. The van der Waals surface area contributed by atoms with Crippen molar-refractivity contribution in [2.24, 2.45) is 5.92 Å². The Morgan fingerprint density at radius 1 is 1.07 bits per heavy atom. The Balaban J connectivity index is 2.09. The molecule has 1 heterocycles.